The van der Waals surface area contributed by atoms with Crippen LogP contribution in [0.3, 0.4) is 0 Å². The Balaban J connectivity index is 1.80. The zero-order valence-electron chi connectivity index (χ0n) is 13.8. The van der Waals surface area contributed by atoms with Crippen molar-refractivity contribution < 1.29 is 23.8 Å². The quantitative estimate of drug-likeness (QED) is 0.298. The number of ether oxygens (including phenoxy) is 1. The number of fused-ring (bicyclic) bond motifs is 2. The Kier molecular flexibility index (Phi) is 4.68. The lowest BCUT2D eigenvalue weighted by Crippen LogP contribution is -2.39. The third-order valence-corrected chi connectivity index (χ3v) is 5.78. The number of aromatic amines is 1. The second-order valence-corrected chi connectivity index (χ2v) is 8.82. The van der Waals surface area contributed by atoms with Gasteiger partial charge in [-0.15, -0.1) is 0 Å². The summed E-state index contributed by atoms with van der Waals surface area (Å²) in [7, 11) is 0. The summed E-state index contributed by atoms with van der Waals surface area (Å²) in [5.41, 5.74) is 10.8. The van der Waals surface area contributed by atoms with Crippen molar-refractivity contribution in [2.24, 2.45) is 5.73 Å². The highest BCUT2D eigenvalue weighted by Crippen LogP contribution is 2.53. The highest BCUT2D eigenvalue weighted by molar-refractivity contribution is 8.07. The van der Waals surface area contributed by atoms with Crippen molar-refractivity contribution in [2.75, 3.05) is 30.7 Å². The van der Waals surface area contributed by atoms with Gasteiger partial charge in [-0.2, -0.15) is 4.98 Å². The van der Waals surface area contributed by atoms with Crippen molar-refractivity contribution in [3.8, 4) is 0 Å². The van der Waals surface area contributed by atoms with Gasteiger partial charge in [-0.05, 0) is 11.8 Å². The maximum absolute atomic E-state index is 12.2. The van der Waals surface area contributed by atoms with E-state index in [4.69, 9.17) is 37.1 Å². The molecule has 0 aromatic carbocycles. The van der Waals surface area contributed by atoms with Crippen LogP contribution in [0.4, 0.5) is 11.9 Å². The predicted octanol–water partition coefficient (Wildman–Crippen LogP) is -2.04. The summed E-state index contributed by atoms with van der Waals surface area (Å²) in [5, 5.41) is 13.7. The van der Waals surface area contributed by atoms with Crippen LogP contribution in [-0.2, 0) is 25.6 Å². The molecule has 148 valence electrons. The van der Waals surface area contributed by atoms with Gasteiger partial charge in [-0.25, -0.2) is 4.98 Å². The van der Waals surface area contributed by atoms with Crippen molar-refractivity contribution in [3.63, 3.8) is 0 Å². The lowest BCUT2D eigenvalue weighted by atomic mass is 10.1. The minimum atomic E-state index is -3.44. The molecule has 2 aromatic rings. The largest absolute Gasteiger partial charge is 0.386 e. The number of hydrogen-bond donors (Lipinski definition) is 6. The zero-order chi connectivity index (χ0) is 19.3. The highest BCUT2D eigenvalue weighted by atomic mass is 32.5. The van der Waals surface area contributed by atoms with Crippen LogP contribution in [0, 0.1) is 0 Å². The topological polar surface area (TPSA) is 196 Å². The number of imidazole rings is 1. The molecular weight excluding hydrogens is 401 g/mol. The molecule has 0 aliphatic carbocycles. The number of nitrogens with two attached hydrogens (primary N) is 2. The van der Waals surface area contributed by atoms with E-state index in [2.05, 4.69) is 20.3 Å². The first-order valence-electron chi connectivity index (χ1n) is 8.01. The van der Waals surface area contributed by atoms with E-state index in [0.29, 0.717) is 13.1 Å². The first-order valence-corrected chi connectivity index (χ1v) is 10.6. The van der Waals surface area contributed by atoms with Crippen LogP contribution in [0.1, 0.15) is 6.23 Å². The van der Waals surface area contributed by atoms with Gasteiger partial charge in [0.1, 0.15) is 18.3 Å². The summed E-state index contributed by atoms with van der Waals surface area (Å²) in [5.74, 6) is 0.0977. The predicted molar refractivity (Wildman–Crippen MR) is 97.4 cm³/mol. The third kappa shape index (κ3) is 3.23. The van der Waals surface area contributed by atoms with E-state index >= 15 is 0 Å². The molecule has 2 aliphatic rings. The molecule has 8 N–H and O–H groups in total. The molecule has 15 heteroatoms. The van der Waals surface area contributed by atoms with Crippen LogP contribution in [-0.4, -0.2) is 67.5 Å². The van der Waals surface area contributed by atoms with Crippen molar-refractivity contribution in [3.05, 3.63) is 10.4 Å². The van der Waals surface area contributed by atoms with Crippen LogP contribution >= 0.6 is 6.72 Å². The minimum absolute atomic E-state index is 0.0128. The van der Waals surface area contributed by atoms with Gasteiger partial charge in [0.05, 0.1) is 6.61 Å². The van der Waals surface area contributed by atoms with E-state index in [0.717, 1.165) is 0 Å². The number of hydrogen-bond acceptors (Lipinski definition) is 11. The fourth-order valence-corrected chi connectivity index (χ4v) is 4.54. The maximum atomic E-state index is 12.2. The molecule has 5 atom stereocenters. The molecule has 2 aromatic heterocycles. The number of nitrogen functional groups attached to an aromatic ring is 1. The maximum Gasteiger partial charge on any atom is 0.325 e. The molecule has 2 saturated heterocycles. The molecule has 0 spiro atoms. The fourth-order valence-electron chi connectivity index (χ4n) is 3.10. The monoisotopic (exact) mass is 419 g/mol. The zero-order valence-corrected chi connectivity index (χ0v) is 15.5. The average molecular weight is 419 g/mol. The SMILES string of the molecule is NCCNc1nc2c(=O)[nH]c(N)nc2n1[C@@H]1O[C@@H]2COP(O)(=S)O[C@H]2[C@H]1O. The minimum Gasteiger partial charge on any atom is -0.386 e. The summed E-state index contributed by atoms with van der Waals surface area (Å²) in [6, 6.07) is 0. The van der Waals surface area contributed by atoms with Crippen LogP contribution in [0.15, 0.2) is 4.79 Å². The van der Waals surface area contributed by atoms with E-state index in [-0.39, 0.29) is 29.7 Å². The first-order chi connectivity index (χ1) is 12.8. The molecule has 4 heterocycles. The number of anilines is 2. The molecule has 27 heavy (non-hydrogen) atoms. The Morgan fingerprint density at radius 1 is 1.48 bits per heavy atom. The molecule has 2 fully saturated rings. The molecule has 0 bridgehead atoms. The number of H-pyrrole nitrogens is 1. The molecule has 4 rings (SSSR count). The van der Waals surface area contributed by atoms with Gasteiger partial charge in [-0.3, -0.25) is 18.9 Å². The molecule has 0 saturated carbocycles. The van der Waals surface area contributed by atoms with E-state index < -0.39 is 36.8 Å². The number of aliphatic hydroxyl groups is 1. The molecule has 0 radical (unpaired) electrons. The smallest absolute Gasteiger partial charge is 0.325 e. The van der Waals surface area contributed by atoms with E-state index in [1.165, 1.54) is 4.57 Å². The summed E-state index contributed by atoms with van der Waals surface area (Å²) in [6.07, 6.45) is -3.84. The molecule has 13 nitrogen and oxygen atoms in total. The van der Waals surface area contributed by atoms with E-state index in [9.17, 15) is 14.8 Å². The number of rotatable bonds is 4. The van der Waals surface area contributed by atoms with Crippen LogP contribution in [0.2, 0.25) is 0 Å². The van der Waals surface area contributed by atoms with Gasteiger partial charge in [0, 0.05) is 13.1 Å². The lowest BCUT2D eigenvalue weighted by Gasteiger charge is -2.30. The van der Waals surface area contributed by atoms with Gasteiger partial charge >= 0.3 is 6.72 Å². The van der Waals surface area contributed by atoms with Crippen LogP contribution in [0.25, 0.3) is 11.2 Å². The number of nitrogens with zero attached hydrogens (tertiary/aromatic N) is 3. The Morgan fingerprint density at radius 2 is 2.26 bits per heavy atom. The summed E-state index contributed by atoms with van der Waals surface area (Å²) in [4.78, 5) is 32.7. The van der Waals surface area contributed by atoms with Gasteiger partial charge in [0.2, 0.25) is 11.9 Å². The Labute approximate surface area is 156 Å². The summed E-state index contributed by atoms with van der Waals surface area (Å²) < 4.78 is 17.7. The second kappa shape index (κ2) is 6.76. The highest BCUT2D eigenvalue weighted by Gasteiger charge is 2.52. The van der Waals surface area contributed by atoms with Crippen LogP contribution < -0.4 is 22.3 Å². The van der Waals surface area contributed by atoms with Gasteiger partial charge in [0.25, 0.3) is 5.56 Å². The summed E-state index contributed by atoms with van der Waals surface area (Å²) >= 11 is 4.84. The molecular formula is C12H18N7O6PS. The Morgan fingerprint density at radius 3 is 3.00 bits per heavy atom. The van der Waals surface area contributed by atoms with Gasteiger partial charge in [-0.1, -0.05) is 0 Å². The van der Waals surface area contributed by atoms with E-state index in [1.807, 2.05) is 0 Å². The number of aromatic nitrogens is 4. The first kappa shape index (κ1) is 18.7. The normalized spacial score (nSPS) is 33.3. The lowest BCUT2D eigenvalue weighted by molar-refractivity contribution is -0.0586. The Bertz CT molecular complexity index is 981. The standard InChI is InChI=1S/C12H18N7O6PS/c13-1-2-15-12-16-5-8(17-11(14)18-9(5)21)19(12)10-6(20)7-4(24-10)3-23-26(22,27)25-7/h4,6-7,10,20H,1-3,13H2,(H,15,16)(H,22,27)(H3,14,17,18,21)/t4-,6-,7-,10-,26?/m1/s1. The summed E-state index contributed by atoms with van der Waals surface area (Å²) in [6.45, 7) is -2.83. The van der Waals surface area contributed by atoms with Crippen molar-refractivity contribution >= 4 is 41.6 Å². The number of aliphatic hydroxyl groups excluding tert-OH is 1. The molecule has 2 aliphatic heterocycles. The van der Waals surface area contributed by atoms with Gasteiger partial charge < -0.3 is 36.0 Å². The van der Waals surface area contributed by atoms with Crippen molar-refractivity contribution in [1.82, 2.24) is 19.5 Å². The third-order valence-electron chi connectivity index (χ3n) is 4.22. The Hall–Kier alpha value is -1.64. The number of nitrogens with one attached hydrogen (secondary N) is 2. The van der Waals surface area contributed by atoms with Gasteiger partial charge in [0.15, 0.2) is 17.4 Å². The van der Waals surface area contributed by atoms with E-state index in [1.54, 1.807) is 0 Å². The molecule has 0 amide bonds. The average Bonchev–Trinajstić information content (AvgIpc) is 3.10. The van der Waals surface area contributed by atoms with Crippen molar-refractivity contribution in [1.29, 1.82) is 0 Å². The van der Waals surface area contributed by atoms with Crippen LogP contribution in [0.5, 0.6) is 0 Å². The molecule has 1 unspecified atom stereocenters. The van der Waals surface area contributed by atoms with Crippen molar-refractivity contribution in [2.45, 2.75) is 24.5 Å². The fraction of sp³-hybridized carbons (Fsp3) is 0.583. The second-order valence-electron chi connectivity index (χ2n) is 6.03.